The molecule has 0 saturated carbocycles. The van der Waals surface area contributed by atoms with E-state index in [0.29, 0.717) is 5.92 Å². The Balaban J connectivity index is 0.000000151. The Hall–Kier alpha value is -15.4. The fraction of sp³-hybridized carbons (Fsp3) is 0.0588. The highest BCUT2D eigenvalue weighted by Crippen LogP contribution is 2.49. The zero-order valence-electron chi connectivity index (χ0n) is 69.2. The van der Waals surface area contributed by atoms with Gasteiger partial charge in [-0.2, -0.15) is 0 Å². The van der Waals surface area contributed by atoms with Crippen LogP contribution in [0.2, 0.25) is 0 Å². The van der Waals surface area contributed by atoms with E-state index in [9.17, 15) is 0 Å². The lowest BCUT2D eigenvalue weighted by Crippen LogP contribution is -2.09. The summed E-state index contributed by atoms with van der Waals surface area (Å²) >= 11 is 0. The number of nitrogens with zero attached hydrogens (tertiary/aromatic N) is 4. The first kappa shape index (κ1) is 75.1. The van der Waals surface area contributed by atoms with Crippen molar-refractivity contribution in [3.63, 3.8) is 0 Å². The van der Waals surface area contributed by atoms with E-state index in [2.05, 4.69) is 489 Å². The minimum atomic E-state index is 0.500. The van der Waals surface area contributed by atoms with Gasteiger partial charge in [-0.3, -0.25) is 0 Å². The second-order valence-corrected chi connectivity index (χ2v) is 32.4. The van der Waals surface area contributed by atoms with Gasteiger partial charge in [0.05, 0.1) is 22.1 Å². The van der Waals surface area contributed by atoms with Crippen LogP contribution >= 0.6 is 0 Å². The summed E-state index contributed by atoms with van der Waals surface area (Å²) in [6, 6.07) is 164. The summed E-state index contributed by atoms with van der Waals surface area (Å²) in [4.78, 5) is 4.71. The first-order valence-corrected chi connectivity index (χ1v) is 43.2. The molecule has 22 rings (SSSR count). The monoisotopic (exact) mass is 1570 g/mol. The van der Waals surface area contributed by atoms with Gasteiger partial charge in [0.15, 0.2) is 0 Å². The van der Waals surface area contributed by atoms with E-state index in [1.165, 1.54) is 176 Å². The molecule has 4 nitrogen and oxygen atoms in total. The Labute approximate surface area is 719 Å². The van der Waals surface area contributed by atoms with Crippen molar-refractivity contribution in [2.45, 2.75) is 46.0 Å². The van der Waals surface area contributed by atoms with Crippen LogP contribution in [0.1, 0.15) is 50.7 Å². The highest BCUT2D eigenvalue weighted by Gasteiger charge is 2.24. The van der Waals surface area contributed by atoms with Crippen LogP contribution in [0.5, 0.6) is 0 Å². The Morgan fingerprint density at radius 2 is 0.463 bits per heavy atom. The molecule has 2 heterocycles. The Morgan fingerprint density at radius 1 is 0.211 bits per heavy atom. The molecule has 0 aliphatic heterocycles. The number of rotatable bonds is 18. The molecule has 1 atom stereocenters. The van der Waals surface area contributed by atoms with E-state index in [1.807, 2.05) is 0 Å². The van der Waals surface area contributed by atoms with Crippen LogP contribution in [-0.2, 0) is 6.42 Å². The highest BCUT2D eigenvalue weighted by molar-refractivity contribution is 6.23. The van der Waals surface area contributed by atoms with Crippen LogP contribution in [0.3, 0.4) is 0 Å². The van der Waals surface area contributed by atoms with Crippen LogP contribution in [0.25, 0.3) is 165 Å². The maximum Gasteiger partial charge on any atom is 0.0541 e. The van der Waals surface area contributed by atoms with Crippen LogP contribution in [-0.4, -0.2) is 9.13 Å². The van der Waals surface area contributed by atoms with Gasteiger partial charge in [-0.1, -0.05) is 331 Å². The number of fused-ring (bicyclic) bond motifs is 10. The first-order valence-electron chi connectivity index (χ1n) is 43.2. The average molecular weight is 1580 g/mol. The van der Waals surface area contributed by atoms with Crippen LogP contribution in [0, 0.1) is 0 Å². The maximum absolute atomic E-state index is 2.42. The molecule has 0 fully saturated rings. The van der Waals surface area contributed by atoms with Crippen molar-refractivity contribution in [3.8, 4) is 78.1 Å². The number of aryl methyl sites for hydroxylation is 1. The van der Waals surface area contributed by atoms with Gasteiger partial charge < -0.3 is 18.9 Å². The molecule has 0 saturated heterocycles. The topological polar surface area (TPSA) is 16.3 Å². The van der Waals surface area contributed by atoms with Gasteiger partial charge in [0.2, 0.25) is 0 Å². The molecule has 1 unspecified atom stereocenters. The summed E-state index contributed by atoms with van der Waals surface area (Å²) in [5.74, 6) is 0.500. The molecule has 20 aromatic carbocycles. The largest absolute Gasteiger partial charge is 0.311 e. The van der Waals surface area contributed by atoms with Gasteiger partial charge in [-0.05, 0) is 285 Å². The van der Waals surface area contributed by atoms with Crippen molar-refractivity contribution in [2.75, 3.05) is 9.80 Å². The van der Waals surface area contributed by atoms with Crippen molar-refractivity contribution >= 4 is 121 Å². The Morgan fingerprint density at radius 3 is 0.789 bits per heavy atom. The van der Waals surface area contributed by atoms with E-state index in [4.69, 9.17) is 0 Å². The predicted octanol–water partition coefficient (Wildman–Crippen LogP) is 33.6. The van der Waals surface area contributed by atoms with Crippen molar-refractivity contribution in [1.82, 2.24) is 9.13 Å². The number of hydrogen-bond donors (Lipinski definition) is 0. The second kappa shape index (κ2) is 32.7. The lowest BCUT2D eigenvalue weighted by atomic mass is 9.86. The van der Waals surface area contributed by atoms with Gasteiger partial charge in [0.1, 0.15) is 0 Å². The third-order valence-electron chi connectivity index (χ3n) is 25.1. The maximum atomic E-state index is 2.42. The van der Waals surface area contributed by atoms with Gasteiger partial charge in [-0.15, -0.1) is 0 Å². The molecule has 22 aromatic rings. The molecule has 0 N–H and O–H groups in total. The number of hydrogen-bond acceptors (Lipinski definition) is 2. The molecule has 0 radical (unpaired) electrons. The van der Waals surface area contributed by atoms with E-state index in [0.717, 1.165) is 53.4 Å². The van der Waals surface area contributed by atoms with Crippen molar-refractivity contribution < 1.29 is 0 Å². The molecular formula is C119H90N4. The molecule has 586 valence electrons. The van der Waals surface area contributed by atoms with Gasteiger partial charge >= 0.3 is 0 Å². The summed E-state index contributed by atoms with van der Waals surface area (Å²) < 4.78 is 4.81. The summed E-state index contributed by atoms with van der Waals surface area (Å²) in [5.41, 5.74) is 31.5. The first-order chi connectivity index (χ1) is 60.9. The van der Waals surface area contributed by atoms with E-state index in [-0.39, 0.29) is 0 Å². The highest BCUT2D eigenvalue weighted by atomic mass is 15.1. The number of benzene rings is 20. The van der Waals surface area contributed by atoms with Crippen molar-refractivity contribution in [1.29, 1.82) is 0 Å². The van der Waals surface area contributed by atoms with Crippen molar-refractivity contribution in [3.05, 3.63) is 460 Å². The predicted molar refractivity (Wildman–Crippen MR) is 526 cm³/mol. The second-order valence-electron chi connectivity index (χ2n) is 32.4. The normalized spacial score (nSPS) is 11.8. The lowest BCUT2D eigenvalue weighted by Gasteiger charge is -2.26. The minimum absolute atomic E-state index is 0.500. The van der Waals surface area contributed by atoms with E-state index < -0.39 is 0 Å². The molecule has 0 aliphatic carbocycles. The van der Waals surface area contributed by atoms with Gasteiger partial charge in [0.25, 0.3) is 0 Å². The average Bonchev–Trinajstić information content (AvgIpc) is 1.33. The molecular weight excluding hydrogens is 1490 g/mol. The lowest BCUT2D eigenvalue weighted by molar-refractivity contribution is 0.735. The third-order valence-corrected chi connectivity index (χ3v) is 25.1. The summed E-state index contributed by atoms with van der Waals surface area (Å²) in [5, 5.41) is 15.2. The summed E-state index contributed by atoms with van der Waals surface area (Å²) in [6.07, 6.45) is 3.31. The molecule has 4 heteroatoms. The van der Waals surface area contributed by atoms with Gasteiger partial charge in [0, 0.05) is 67.0 Å². The molecule has 0 bridgehead atoms. The number of para-hydroxylation sites is 4. The molecule has 123 heavy (non-hydrogen) atoms. The van der Waals surface area contributed by atoms with Crippen LogP contribution in [0.15, 0.2) is 449 Å². The SMILES string of the molecule is CCC(C)c1ccc2c(c1)c1cc(-c3ccc(N(c4ccccc4)c4ccc(-c5c6ccccc6c(-c6ccccc6)c6ccccc56)cc4)cc3)ccc1n2-c1ccccc1.CCCc1ccc2c(c1)c1cc(-c3ccc(N(c4ccccc4)c4ccc(-c5c6ccccc6c(-c6ccccc6)c6ccccc56)cc4)cc3)ccc1n2-c1ccccc1. The van der Waals surface area contributed by atoms with Crippen molar-refractivity contribution in [2.24, 2.45) is 0 Å². The summed E-state index contributed by atoms with van der Waals surface area (Å²) in [7, 11) is 0. The quantitative estimate of drug-likeness (QED) is 0.0796. The van der Waals surface area contributed by atoms with Crippen LogP contribution in [0.4, 0.5) is 34.1 Å². The van der Waals surface area contributed by atoms with Gasteiger partial charge in [-0.25, -0.2) is 0 Å². The standard InChI is InChI=1S/C60H46N2.C59H44N2/c1-3-41(2)45-31-37-57-55(39-45)56-40-46(32-38-58(56)62(57)48-21-11-6-12-22-48)42-27-33-49(34-28-42)61(47-19-9-5-10-20-47)50-35-29-44(30-36-50)60-53-25-15-13-23-51(53)59(43-17-7-4-8-18-43)52-24-14-16-26-54(52)60;1-2-16-41-27-37-56-54(39-41)55-40-45(32-38-57(55)61(56)47-21-10-5-11-22-47)42-28-33-48(34-29-42)60(46-19-8-4-9-20-46)49-35-30-44(31-36-49)59-52-25-14-12-23-50(52)58(43-17-6-3-7-18-43)51-24-13-15-26-53(51)59/h4-41H,3H2,1-2H3;3-15,17-40H,2,16H2,1H3. The smallest absolute Gasteiger partial charge is 0.0541 e. The molecule has 0 amide bonds. The zero-order chi connectivity index (χ0) is 82.3. The fourth-order valence-electron chi connectivity index (χ4n) is 19.1. The Bertz CT molecular complexity index is 7500. The third kappa shape index (κ3) is 13.9. The van der Waals surface area contributed by atoms with E-state index >= 15 is 0 Å². The van der Waals surface area contributed by atoms with Crippen LogP contribution < -0.4 is 9.80 Å². The minimum Gasteiger partial charge on any atom is -0.311 e. The Kier molecular flexibility index (Phi) is 20.0. The molecule has 2 aromatic heterocycles. The summed E-state index contributed by atoms with van der Waals surface area (Å²) in [6.45, 7) is 6.85. The fourth-order valence-corrected chi connectivity index (χ4v) is 19.1. The molecule has 0 aliphatic rings. The van der Waals surface area contributed by atoms with E-state index in [1.54, 1.807) is 0 Å². The molecule has 0 spiro atoms. The number of anilines is 6. The number of aromatic nitrogens is 2. The zero-order valence-corrected chi connectivity index (χ0v) is 69.2.